The highest BCUT2D eigenvalue weighted by atomic mass is 32.2. The average Bonchev–Trinajstić information content (AvgIpc) is 2.16. The average molecular weight is 247 g/mol. The van der Waals surface area contributed by atoms with Gasteiger partial charge in [0.25, 0.3) is 10.1 Å². The standard InChI is InChI=1S/C10H15NO3S.H2O/c1-2-10-6-3-4-7-11(10)8-5-9-15(12,13)14;/h2-4,6-7,10H,1,5,8-9H2,(H,12,13,14);1H2. The summed E-state index contributed by atoms with van der Waals surface area (Å²) < 4.78 is 29.6. The van der Waals surface area contributed by atoms with Crippen molar-refractivity contribution < 1.29 is 18.4 Å². The van der Waals surface area contributed by atoms with Gasteiger partial charge in [-0.2, -0.15) is 8.42 Å². The van der Waals surface area contributed by atoms with Crippen molar-refractivity contribution in [1.29, 1.82) is 0 Å². The van der Waals surface area contributed by atoms with Crippen molar-refractivity contribution in [3.63, 3.8) is 0 Å². The molecule has 0 aromatic carbocycles. The van der Waals surface area contributed by atoms with Gasteiger partial charge in [-0.25, -0.2) is 0 Å². The van der Waals surface area contributed by atoms with E-state index in [1.165, 1.54) is 0 Å². The number of nitrogens with zero attached hydrogens (tertiary/aromatic N) is 1. The van der Waals surface area contributed by atoms with E-state index in [0.717, 1.165) is 0 Å². The van der Waals surface area contributed by atoms with Gasteiger partial charge in [-0.1, -0.05) is 18.2 Å². The molecular formula is C10H17NO4S. The third-order valence-electron chi connectivity index (χ3n) is 2.14. The lowest BCUT2D eigenvalue weighted by atomic mass is 10.2. The topological polar surface area (TPSA) is 89.1 Å². The zero-order chi connectivity index (χ0) is 11.3. The quantitative estimate of drug-likeness (QED) is 0.562. The summed E-state index contributed by atoms with van der Waals surface area (Å²) in [5.74, 6) is -0.203. The molecule has 6 heteroatoms. The first kappa shape index (κ1) is 14.9. The van der Waals surface area contributed by atoms with Gasteiger partial charge in [-0.3, -0.25) is 4.55 Å². The van der Waals surface area contributed by atoms with Crippen LogP contribution in [0.4, 0.5) is 0 Å². The van der Waals surface area contributed by atoms with Crippen LogP contribution in [0.2, 0.25) is 0 Å². The summed E-state index contributed by atoms with van der Waals surface area (Å²) in [5, 5.41) is 0. The molecule has 1 aliphatic heterocycles. The summed E-state index contributed by atoms with van der Waals surface area (Å²) in [6.07, 6.45) is 9.85. The minimum absolute atomic E-state index is 0. The molecule has 1 heterocycles. The molecule has 0 amide bonds. The zero-order valence-corrected chi connectivity index (χ0v) is 9.73. The van der Waals surface area contributed by atoms with E-state index in [0.29, 0.717) is 13.0 Å². The molecule has 16 heavy (non-hydrogen) atoms. The van der Waals surface area contributed by atoms with Crippen LogP contribution in [-0.4, -0.2) is 41.7 Å². The zero-order valence-electron chi connectivity index (χ0n) is 8.91. The molecular weight excluding hydrogens is 230 g/mol. The van der Waals surface area contributed by atoms with Crippen LogP contribution in [0.3, 0.4) is 0 Å². The summed E-state index contributed by atoms with van der Waals surface area (Å²) in [4.78, 5) is 1.97. The lowest BCUT2D eigenvalue weighted by molar-refractivity contribution is 0.355. The molecule has 0 radical (unpaired) electrons. The maximum atomic E-state index is 10.5. The Morgan fingerprint density at radius 3 is 2.69 bits per heavy atom. The molecule has 3 N–H and O–H groups in total. The van der Waals surface area contributed by atoms with Gasteiger partial charge in [0.05, 0.1) is 11.8 Å². The normalized spacial score (nSPS) is 19.3. The van der Waals surface area contributed by atoms with Gasteiger partial charge in [0.1, 0.15) is 0 Å². The highest BCUT2D eigenvalue weighted by Gasteiger charge is 2.12. The minimum Gasteiger partial charge on any atom is -0.412 e. The Balaban J connectivity index is 0.00000225. The lowest BCUT2D eigenvalue weighted by Gasteiger charge is -2.27. The largest absolute Gasteiger partial charge is 0.412 e. The van der Waals surface area contributed by atoms with Crippen molar-refractivity contribution in [3.8, 4) is 0 Å². The summed E-state index contributed by atoms with van der Waals surface area (Å²) in [5.41, 5.74) is 0. The Bertz CT molecular complexity index is 372. The fourth-order valence-corrected chi connectivity index (χ4v) is 1.91. The van der Waals surface area contributed by atoms with E-state index in [4.69, 9.17) is 4.55 Å². The first-order valence-electron chi connectivity index (χ1n) is 4.71. The van der Waals surface area contributed by atoms with E-state index in [2.05, 4.69) is 6.58 Å². The molecule has 0 bridgehead atoms. The first-order valence-corrected chi connectivity index (χ1v) is 6.32. The van der Waals surface area contributed by atoms with Crippen molar-refractivity contribution in [2.75, 3.05) is 12.3 Å². The van der Waals surface area contributed by atoms with Crippen LogP contribution < -0.4 is 0 Å². The van der Waals surface area contributed by atoms with Crippen molar-refractivity contribution in [2.24, 2.45) is 0 Å². The van der Waals surface area contributed by atoms with Gasteiger partial charge in [0, 0.05) is 6.54 Å². The lowest BCUT2D eigenvalue weighted by Crippen LogP contribution is -2.30. The van der Waals surface area contributed by atoms with Gasteiger partial charge in [-0.05, 0) is 18.7 Å². The molecule has 0 aliphatic carbocycles. The molecule has 5 nitrogen and oxygen atoms in total. The second-order valence-electron chi connectivity index (χ2n) is 3.33. The van der Waals surface area contributed by atoms with Gasteiger partial charge in [0.15, 0.2) is 0 Å². The van der Waals surface area contributed by atoms with Crippen LogP contribution in [0, 0.1) is 0 Å². The first-order chi connectivity index (χ1) is 7.03. The van der Waals surface area contributed by atoms with Crippen LogP contribution in [0.5, 0.6) is 0 Å². The number of hydrogen-bond acceptors (Lipinski definition) is 3. The molecule has 0 fully saturated rings. The van der Waals surface area contributed by atoms with Crippen molar-refractivity contribution in [1.82, 2.24) is 4.90 Å². The Labute approximate surface area is 95.8 Å². The van der Waals surface area contributed by atoms with Gasteiger partial charge < -0.3 is 10.4 Å². The molecule has 0 aromatic rings. The Morgan fingerprint density at radius 2 is 2.12 bits per heavy atom. The number of hydrogen-bond donors (Lipinski definition) is 1. The van der Waals surface area contributed by atoms with Crippen LogP contribution in [0.15, 0.2) is 37.1 Å². The van der Waals surface area contributed by atoms with Gasteiger partial charge >= 0.3 is 0 Å². The summed E-state index contributed by atoms with van der Waals surface area (Å²) >= 11 is 0. The molecule has 1 aliphatic rings. The van der Waals surface area contributed by atoms with Crippen LogP contribution in [-0.2, 0) is 10.1 Å². The van der Waals surface area contributed by atoms with E-state index in [1.54, 1.807) is 6.08 Å². The van der Waals surface area contributed by atoms with Gasteiger partial charge in [0.2, 0.25) is 0 Å². The summed E-state index contributed by atoms with van der Waals surface area (Å²) in [7, 11) is -3.84. The second kappa shape index (κ2) is 6.47. The molecule has 1 atom stereocenters. The predicted molar refractivity (Wildman–Crippen MR) is 63.6 cm³/mol. The maximum absolute atomic E-state index is 10.5. The highest BCUT2D eigenvalue weighted by molar-refractivity contribution is 7.85. The summed E-state index contributed by atoms with van der Waals surface area (Å²) in [6, 6.07) is 0.108. The fourth-order valence-electron chi connectivity index (χ4n) is 1.42. The summed E-state index contributed by atoms with van der Waals surface area (Å²) in [6.45, 7) is 4.28. The Hall–Kier alpha value is -1.11. The Kier molecular flexibility index (Phi) is 6.02. The van der Waals surface area contributed by atoms with Gasteiger partial charge in [-0.15, -0.1) is 6.58 Å². The van der Waals surface area contributed by atoms with Crippen molar-refractivity contribution in [2.45, 2.75) is 12.5 Å². The molecule has 0 spiro atoms. The molecule has 0 saturated heterocycles. The molecule has 1 rings (SSSR count). The fraction of sp³-hybridized carbons (Fsp3) is 0.400. The highest BCUT2D eigenvalue weighted by Crippen LogP contribution is 2.09. The molecule has 92 valence electrons. The monoisotopic (exact) mass is 247 g/mol. The third kappa shape index (κ3) is 5.11. The van der Waals surface area contributed by atoms with E-state index < -0.39 is 10.1 Å². The number of allylic oxidation sites excluding steroid dienone is 2. The van der Waals surface area contributed by atoms with Crippen LogP contribution >= 0.6 is 0 Å². The molecule has 0 saturated carbocycles. The molecule has 0 aromatic heterocycles. The SMILES string of the molecule is C=CC1C=CC=CN1CCCS(=O)(=O)O.O. The van der Waals surface area contributed by atoms with Crippen LogP contribution in [0.25, 0.3) is 0 Å². The van der Waals surface area contributed by atoms with E-state index in [1.807, 2.05) is 29.3 Å². The van der Waals surface area contributed by atoms with Crippen molar-refractivity contribution in [3.05, 3.63) is 37.1 Å². The van der Waals surface area contributed by atoms with Crippen molar-refractivity contribution >= 4 is 10.1 Å². The molecule has 1 unspecified atom stereocenters. The number of rotatable bonds is 5. The third-order valence-corrected chi connectivity index (χ3v) is 2.94. The maximum Gasteiger partial charge on any atom is 0.264 e. The second-order valence-corrected chi connectivity index (χ2v) is 4.90. The predicted octanol–water partition coefficient (Wildman–Crippen LogP) is 0.380. The van der Waals surface area contributed by atoms with E-state index in [9.17, 15) is 8.42 Å². The smallest absolute Gasteiger partial charge is 0.264 e. The van der Waals surface area contributed by atoms with E-state index >= 15 is 0 Å². The minimum atomic E-state index is -3.84. The Morgan fingerprint density at radius 1 is 1.44 bits per heavy atom. The van der Waals surface area contributed by atoms with E-state index in [-0.39, 0.29) is 17.3 Å². The van der Waals surface area contributed by atoms with Crippen LogP contribution in [0.1, 0.15) is 6.42 Å².